The van der Waals surface area contributed by atoms with Crippen LogP contribution in [0.25, 0.3) is 0 Å². The van der Waals surface area contributed by atoms with Crippen molar-refractivity contribution in [3.8, 4) is 0 Å². The maximum atomic E-state index is 13.2. The fraction of sp³-hybridized carbons (Fsp3) is 0.550. The maximum Gasteiger partial charge on any atom is 0.249 e. The average molecular weight is 371 g/mol. The number of nitrogens with zero attached hydrogens (tertiary/aromatic N) is 1. The third-order valence-corrected chi connectivity index (χ3v) is 3.85. The van der Waals surface area contributed by atoms with Crippen LogP contribution in [0.3, 0.4) is 0 Å². The number of carbonyl (C=O) groups is 3. The van der Waals surface area contributed by atoms with Gasteiger partial charge < -0.3 is 15.3 Å². The van der Waals surface area contributed by atoms with Gasteiger partial charge in [-0.1, -0.05) is 45.0 Å². The van der Waals surface area contributed by atoms with Crippen LogP contribution >= 0.6 is 0 Å². The molecule has 26 heavy (non-hydrogen) atoms. The van der Waals surface area contributed by atoms with Gasteiger partial charge >= 0.3 is 0 Å². The second-order valence-corrected chi connectivity index (χ2v) is 5.98. The van der Waals surface area contributed by atoms with Crippen molar-refractivity contribution in [2.75, 3.05) is 13.5 Å². The fourth-order valence-electron chi connectivity index (χ4n) is 2.31. The normalized spacial score (nSPS) is 35.8. The van der Waals surface area contributed by atoms with Crippen molar-refractivity contribution >= 4 is 17.6 Å². The topological polar surface area (TPSA) is 86.7 Å². The Bertz CT molecular complexity index is 1070. The quantitative estimate of drug-likeness (QED) is 0.794. The minimum absolute atomic E-state index is 0.346. The minimum Gasteiger partial charge on any atom is -0.385 e. The summed E-state index contributed by atoms with van der Waals surface area (Å²) < 4.78 is 80.1. The van der Waals surface area contributed by atoms with Crippen LogP contribution < -0.4 is 5.32 Å². The molecule has 0 fully saturated rings. The molecule has 1 heterocycles. The molecule has 1 aromatic rings. The molecule has 0 saturated carbocycles. The summed E-state index contributed by atoms with van der Waals surface area (Å²) in [6.07, 6.45) is -6.26. The molecule has 1 aromatic carbocycles. The monoisotopic (exact) mass is 370 g/mol. The van der Waals surface area contributed by atoms with E-state index < -0.39 is 67.6 Å². The highest BCUT2D eigenvalue weighted by molar-refractivity contribution is 5.92. The molecule has 2 N–H and O–H groups in total. The number of aryl methyl sites for hydroxylation is 1. The fourth-order valence-corrected chi connectivity index (χ4v) is 2.31. The van der Waals surface area contributed by atoms with Gasteiger partial charge in [-0.15, -0.1) is 0 Å². The van der Waals surface area contributed by atoms with Crippen molar-refractivity contribution in [3.05, 3.63) is 35.4 Å². The van der Waals surface area contributed by atoms with E-state index in [2.05, 4.69) is 0 Å². The summed E-state index contributed by atoms with van der Waals surface area (Å²) in [5.74, 6) is -9.12. The van der Waals surface area contributed by atoms with E-state index in [9.17, 15) is 19.5 Å². The predicted molar refractivity (Wildman–Crippen MR) is 98.3 cm³/mol. The second-order valence-electron chi connectivity index (χ2n) is 5.98. The highest BCUT2D eigenvalue weighted by Crippen LogP contribution is 2.25. The zero-order chi connectivity index (χ0) is 28.3. The third kappa shape index (κ3) is 4.49. The van der Waals surface area contributed by atoms with E-state index in [1.165, 1.54) is 18.2 Å². The number of Topliss-reactive ketones (excluding diaryl/α,β-unsaturated/α-hetero) is 1. The van der Waals surface area contributed by atoms with Crippen LogP contribution in [0.4, 0.5) is 0 Å². The lowest BCUT2D eigenvalue weighted by Gasteiger charge is -2.24. The van der Waals surface area contributed by atoms with Crippen LogP contribution in [0.2, 0.25) is 0 Å². The number of ketones is 1. The largest absolute Gasteiger partial charge is 0.385 e. The molecular weight excluding hydrogens is 332 g/mol. The predicted octanol–water partition coefficient (Wildman–Crippen LogP) is 1.47. The number of likely N-dealkylation sites (N-methyl/N-ethyl adjacent to an activating group) is 1. The molecule has 0 bridgehead atoms. The standard InChI is InChI=1S/C20H28N2O4/c1-12(2)18(24)16(23)11-13(3)19(25)21-17-15-8-6-5-7-14(15)9-10-22(4)20(17)26/h5-8,12-13,17-18,24H,9-11H2,1-4H3,(H,21,25)/t13-,17+,18+/m1/s1/i1D3,9D2,10D2,12D,13D,17D/t12?,13-,17+,18+. The van der Waals surface area contributed by atoms with Gasteiger partial charge in [0, 0.05) is 38.2 Å². The van der Waals surface area contributed by atoms with Crippen molar-refractivity contribution in [3.63, 3.8) is 0 Å². The molecule has 2 rings (SSSR count). The number of amides is 2. The number of fused-ring (bicyclic) bond motifs is 1. The summed E-state index contributed by atoms with van der Waals surface area (Å²) in [6.45, 7) is -4.27. The number of aliphatic hydroxyl groups is 1. The van der Waals surface area contributed by atoms with Crippen LogP contribution in [-0.2, 0) is 20.8 Å². The van der Waals surface area contributed by atoms with Gasteiger partial charge in [0.2, 0.25) is 11.8 Å². The molecule has 6 nitrogen and oxygen atoms in total. The Hall–Kier alpha value is -2.21. The van der Waals surface area contributed by atoms with Gasteiger partial charge in [0.05, 0.1) is 1.37 Å². The molecule has 0 aromatic heterocycles. The molecule has 0 aliphatic carbocycles. The smallest absolute Gasteiger partial charge is 0.249 e. The van der Waals surface area contributed by atoms with E-state index in [1.54, 1.807) is 0 Å². The van der Waals surface area contributed by atoms with Crippen molar-refractivity contribution in [1.82, 2.24) is 10.2 Å². The van der Waals surface area contributed by atoms with Crippen molar-refractivity contribution < 1.29 is 33.2 Å². The first-order valence-corrected chi connectivity index (χ1v) is 7.88. The lowest BCUT2D eigenvalue weighted by molar-refractivity contribution is -0.137. The lowest BCUT2D eigenvalue weighted by atomic mass is 9.94. The summed E-state index contributed by atoms with van der Waals surface area (Å²) in [5.41, 5.74) is -0.770. The Morgan fingerprint density at radius 1 is 1.50 bits per heavy atom. The number of aliphatic hydroxyl groups excluding tert-OH is 1. The molecule has 0 saturated heterocycles. The number of benzene rings is 1. The number of nitrogens with one attached hydrogen (secondary N) is 1. The van der Waals surface area contributed by atoms with Crippen LogP contribution in [0, 0.1) is 11.8 Å². The molecule has 6 heteroatoms. The number of rotatable bonds is 6. The van der Waals surface area contributed by atoms with Crippen molar-refractivity contribution in [1.29, 1.82) is 0 Å². The van der Waals surface area contributed by atoms with Gasteiger partial charge in [0.15, 0.2) is 5.78 Å². The summed E-state index contributed by atoms with van der Waals surface area (Å²) >= 11 is 0. The Morgan fingerprint density at radius 3 is 2.88 bits per heavy atom. The summed E-state index contributed by atoms with van der Waals surface area (Å²) in [4.78, 5) is 39.2. The van der Waals surface area contributed by atoms with Gasteiger partial charge in [-0.3, -0.25) is 14.4 Å². The first kappa shape index (κ1) is 10.2. The van der Waals surface area contributed by atoms with Crippen LogP contribution in [0.1, 0.15) is 58.0 Å². The van der Waals surface area contributed by atoms with Crippen LogP contribution in [0.15, 0.2) is 24.3 Å². The summed E-state index contributed by atoms with van der Waals surface area (Å²) in [5, 5.41) is 12.2. The van der Waals surface area contributed by atoms with E-state index in [0.29, 0.717) is 4.90 Å². The minimum atomic E-state index is -3.06. The molecule has 1 unspecified atom stereocenters. The lowest BCUT2D eigenvalue weighted by Crippen LogP contribution is -2.43. The van der Waals surface area contributed by atoms with Crippen LogP contribution in [-0.4, -0.2) is 47.3 Å². The highest BCUT2D eigenvalue weighted by Gasteiger charge is 2.32. The van der Waals surface area contributed by atoms with Gasteiger partial charge in [-0.25, -0.2) is 0 Å². The molecule has 1 aliphatic rings. The molecular formula is C20H28N2O4. The average Bonchev–Trinajstić information content (AvgIpc) is 2.77. The zero-order valence-electron chi connectivity index (χ0n) is 24.7. The summed E-state index contributed by atoms with van der Waals surface area (Å²) in [7, 11) is 0.922. The highest BCUT2D eigenvalue weighted by atomic mass is 16.3. The Morgan fingerprint density at radius 2 is 2.19 bits per heavy atom. The first-order chi connectivity index (χ1) is 16.0. The Balaban J connectivity index is 2.47. The molecule has 142 valence electrons. The Kier molecular flexibility index (Phi) is 3.32. The SMILES string of the molecule is [2H]C([2H])([2H])C([2H])(C)[C@H](O)C(=O)C[C@@]([2H])(C)C(=O)N[C@]1([2H])C(=O)N(C)C([2H])([2H])C([2H])([2H])c2ccccc21. The summed E-state index contributed by atoms with van der Waals surface area (Å²) in [6, 6.07) is 2.24. The zero-order valence-corrected chi connectivity index (χ0v) is 14.7. The second kappa shape index (κ2) is 8.45. The first-order valence-electron chi connectivity index (χ1n) is 12.9. The molecule has 2 amide bonds. The Labute approximate surface area is 168 Å². The van der Waals surface area contributed by atoms with E-state index in [-0.39, 0.29) is 11.1 Å². The van der Waals surface area contributed by atoms with E-state index in [4.69, 9.17) is 13.7 Å². The van der Waals surface area contributed by atoms with Gasteiger partial charge in [-0.05, 0) is 23.4 Å². The van der Waals surface area contributed by atoms with Gasteiger partial charge in [0.1, 0.15) is 12.1 Å². The van der Waals surface area contributed by atoms with Crippen molar-refractivity contribution in [2.24, 2.45) is 11.8 Å². The van der Waals surface area contributed by atoms with Gasteiger partial charge in [0.25, 0.3) is 0 Å². The number of hydrogen-bond donors (Lipinski definition) is 2. The maximum absolute atomic E-state index is 13.2. The molecule has 0 radical (unpaired) electrons. The van der Waals surface area contributed by atoms with Crippen LogP contribution in [0.5, 0.6) is 0 Å². The molecule has 1 aliphatic heterocycles. The number of carbonyl (C=O) groups excluding carboxylic acids is 3. The van der Waals surface area contributed by atoms with E-state index >= 15 is 0 Å². The van der Waals surface area contributed by atoms with E-state index in [1.807, 2.05) is 5.32 Å². The van der Waals surface area contributed by atoms with Crippen molar-refractivity contribution in [2.45, 2.75) is 45.6 Å². The van der Waals surface area contributed by atoms with Gasteiger partial charge in [-0.2, -0.15) is 0 Å². The molecule has 0 spiro atoms. The molecule has 4 atom stereocenters. The number of hydrogen-bond acceptors (Lipinski definition) is 4. The third-order valence-electron chi connectivity index (χ3n) is 3.85. The van der Waals surface area contributed by atoms with E-state index in [0.717, 1.165) is 27.0 Å².